The summed E-state index contributed by atoms with van der Waals surface area (Å²) < 4.78 is 6.93. The molecule has 0 bridgehead atoms. The minimum atomic E-state index is -0.409. The summed E-state index contributed by atoms with van der Waals surface area (Å²) in [5.41, 5.74) is 0. The standard InChI is InChI=1S/C9H14N4O2.ClH/c1-13-8(2-3-11-13)12-9(14)7-6-10-4-5-15-7;/h2-3,7,10H,4-6H2,1H3,(H,12,14);1H/t7-;/m1./s1. The molecule has 90 valence electrons. The van der Waals surface area contributed by atoms with E-state index in [1.165, 1.54) is 0 Å². The topological polar surface area (TPSA) is 68.2 Å². The maximum absolute atomic E-state index is 11.7. The Balaban J connectivity index is 0.00000128. The fourth-order valence-corrected chi connectivity index (χ4v) is 1.44. The van der Waals surface area contributed by atoms with Gasteiger partial charge in [-0.25, -0.2) is 0 Å². The first-order chi connectivity index (χ1) is 7.27. The lowest BCUT2D eigenvalue weighted by molar-refractivity contribution is -0.128. The largest absolute Gasteiger partial charge is 0.366 e. The highest BCUT2D eigenvalue weighted by molar-refractivity contribution is 5.93. The molecule has 1 saturated heterocycles. The predicted octanol–water partition coefficient (Wildman–Crippen LogP) is -0.231. The average molecular weight is 247 g/mol. The smallest absolute Gasteiger partial charge is 0.255 e. The fraction of sp³-hybridized carbons (Fsp3) is 0.556. The van der Waals surface area contributed by atoms with Gasteiger partial charge < -0.3 is 15.4 Å². The van der Waals surface area contributed by atoms with Crippen LogP contribution < -0.4 is 10.6 Å². The molecule has 7 heteroatoms. The van der Waals surface area contributed by atoms with E-state index in [0.717, 1.165) is 6.54 Å². The zero-order valence-electron chi connectivity index (χ0n) is 8.97. The van der Waals surface area contributed by atoms with Crippen molar-refractivity contribution in [2.24, 2.45) is 7.05 Å². The third-order valence-electron chi connectivity index (χ3n) is 2.29. The van der Waals surface area contributed by atoms with Crippen LogP contribution in [0, 0.1) is 0 Å². The van der Waals surface area contributed by atoms with Gasteiger partial charge in [0, 0.05) is 26.2 Å². The number of hydrogen-bond donors (Lipinski definition) is 2. The highest BCUT2D eigenvalue weighted by Crippen LogP contribution is 2.06. The number of carbonyl (C=O) groups is 1. The van der Waals surface area contributed by atoms with Crippen LogP contribution >= 0.6 is 12.4 Å². The lowest BCUT2D eigenvalue weighted by atomic mass is 10.3. The van der Waals surface area contributed by atoms with Crippen LogP contribution in [0.2, 0.25) is 0 Å². The molecule has 0 unspecified atom stereocenters. The summed E-state index contributed by atoms with van der Waals surface area (Å²) in [7, 11) is 1.77. The molecule has 0 aliphatic carbocycles. The maximum Gasteiger partial charge on any atom is 0.255 e. The fourth-order valence-electron chi connectivity index (χ4n) is 1.44. The van der Waals surface area contributed by atoms with Crippen LogP contribution in [-0.4, -0.2) is 41.5 Å². The van der Waals surface area contributed by atoms with Crippen molar-refractivity contribution in [2.75, 3.05) is 25.0 Å². The van der Waals surface area contributed by atoms with E-state index in [4.69, 9.17) is 4.74 Å². The number of nitrogens with zero attached hydrogens (tertiary/aromatic N) is 2. The number of hydrogen-bond acceptors (Lipinski definition) is 4. The summed E-state index contributed by atoms with van der Waals surface area (Å²) in [6, 6.07) is 1.74. The molecular formula is C9H15ClN4O2. The molecule has 6 nitrogen and oxygen atoms in total. The minimum Gasteiger partial charge on any atom is -0.366 e. The summed E-state index contributed by atoms with van der Waals surface area (Å²) in [5, 5.41) is 9.82. The average Bonchev–Trinajstić information content (AvgIpc) is 2.66. The molecule has 1 aromatic heterocycles. The van der Waals surface area contributed by atoms with Crippen LogP contribution in [0.1, 0.15) is 0 Å². The Morgan fingerprint density at radius 1 is 1.75 bits per heavy atom. The van der Waals surface area contributed by atoms with Gasteiger partial charge in [0.25, 0.3) is 5.91 Å². The van der Waals surface area contributed by atoms with E-state index in [-0.39, 0.29) is 18.3 Å². The Bertz CT molecular complexity index is 349. The van der Waals surface area contributed by atoms with Crippen LogP contribution in [0.25, 0.3) is 0 Å². The normalized spacial score (nSPS) is 19.9. The SMILES string of the molecule is Cl.Cn1nccc1NC(=O)[C@H]1CNCCO1. The zero-order chi connectivity index (χ0) is 10.7. The summed E-state index contributed by atoms with van der Waals surface area (Å²) in [4.78, 5) is 11.7. The molecule has 0 spiro atoms. The van der Waals surface area contributed by atoms with Gasteiger partial charge in [-0.2, -0.15) is 5.10 Å². The first-order valence-electron chi connectivity index (χ1n) is 4.88. The van der Waals surface area contributed by atoms with Crippen molar-refractivity contribution < 1.29 is 9.53 Å². The zero-order valence-corrected chi connectivity index (χ0v) is 9.79. The summed E-state index contributed by atoms with van der Waals surface area (Å²) in [5.74, 6) is 0.542. The van der Waals surface area contributed by atoms with Crippen molar-refractivity contribution in [1.29, 1.82) is 0 Å². The van der Waals surface area contributed by atoms with Crippen LogP contribution in [0.4, 0.5) is 5.82 Å². The Morgan fingerprint density at radius 2 is 2.56 bits per heavy atom. The molecule has 1 aliphatic rings. The number of carbonyl (C=O) groups excluding carboxylic acids is 1. The van der Waals surface area contributed by atoms with Gasteiger partial charge in [-0.1, -0.05) is 0 Å². The van der Waals surface area contributed by atoms with Crippen molar-refractivity contribution in [3.05, 3.63) is 12.3 Å². The number of halogens is 1. The van der Waals surface area contributed by atoms with E-state index in [0.29, 0.717) is 19.0 Å². The van der Waals surface area contributed by atoms with E-state index in [1.54, 1.807) is 24.0 Å². The Labute approximate surface area is 99.8 Å². The van der Waals surface area contributed by atoms with Crippen molar-refractivity contribution in [3.8, 4) is 0 Å². The maximum atomic E-state index is 11.7. The van der Waals surface area contributed by atoms with Crippen LogP contribution in [0.3, 0.4) is 0 Å². The molecule has 1 atom stereocenters. The Kier molecular flexibility index (Phi) is 4.72. The summed E-state index contributed by atoms with van der Waals surface area (Å²) >= 11 is 0. The second-order valence-electron chi connectivity index (χ2n) is 3.39. The molecule has 0 radical (unpaired) electrons. The molecule has 1 aliphatic heterocycles. The number of ether oxygens (including phenoxy) is 1. The third-order valence-corrected chi connectivity index (χ3v) is 2.29. The number of aromatic nitrogens is 2. The Hall–Kier alpha value is -1.11. The van der Waals surface area contributed by atoms with Crippen LogP contribution in [0.5, 0.6) is 0 Å². The lowest BCUT2D eigenvalue weighted by Gasteiger charge is -2.22. The van der Waals surface area contributed by atoms with E-state index < -0.39 is 6.10 Å². The van der Waals surface area contributed by atoms with E-state index >= 15 is 0 Å². The van der Waals surface area contributed by atoms with Gasteiger partial charge in [0.05, 0.1) is 12.8 Å². The molecule has 0 saturated carbocycles. The molecule has 1 amide bonds. The number of anilines is 1. The first kappa shape index (κ1) is 13.0. The van der Waals surface area contributed by atoms with Crippen molar-refractivity contribution >= 4 is 24.1 Å². The van der Waals surface area contributed by atoms with Gasteiger partial charge in [-0.05, 0) is 0 Å². The van der Waals surface area contributed by atoms with Gasteiger partial charge >= 0.3 is 0 Å². The van der Waals surface area contributed by atoms with Gasteiger partial charge in [0.15, 0.2) is 0 Å². The number of aryl methyl sites for hydroxylation is 1. The van der Waals surface area contributed by atoms with Crippen LogP contribution in [0.15, 0.2) is 12.3 Å². The molecule has 0 aromatic carbocycles. The van der Waals surface area contributed by atoms with E-state index in [2.05, 4.69) is 15.7 Å². The van der Waals surface area contributed by atoms with E-state index in [9.17, 15) is 4.79 Å². The van der Waals surface area contributed by atoms with Gasteiger partial charge in [-0.15, -0.1) is 12.4 Å². The Morgan fingerprint density at radius 3 is 3.12 bits per heavy atom. The monoisotopic (exact) mass is 246 g/mol. The molecule has 16 heavy (non-hydrogen) atoms. The highest BCUT2D eigenvalue weighted by Gasteiger charge is 2.22. The summed E-state index contributed by atoms with van der Waals surface area (Å²) in [6.07, 6.45) is 1.23. The number of nitrogens with one attached hydrogen (secondary N) is 2. The molecule has 2 rings (SSSR count). The molecule has 1 aromatic rings. The van der Waals surface area contributed by atoms with Crippen molar-refractivity contribution in [1.82, 2.24) is 15.1 Å². The quantitative estimate of drug-likeness (QED) is 0.757. The second-order valence-corrected chi connectivity index (χ2v) is 3.39. The van der Waals surface area contributed by atoms with Crippen molar-refractivity contribution in [2.45, 2.75) is 6.10 Å². The summed E-state index contributed by atoms with van der Waals surface area (Å²) in [6.45, 7) is 1.93. The molecule has 2 heterocycles. The molecular weight excluding hydrogens is 232 g/mol. The van der Waals surface area contributed by atoms with Gasteiger partial charge in [0.1, 0.15) is 11.9 Å². The molecule has 1 fully saturated rings. The third kappa shape index (κ3) is 2.94. The van der Waals surface area contributed by atoms with Gasteiger partial charge in [0.2, 0.25) is 0 Å². The number of rotatable bonds is 2. The second kappa shape index (κ2) is 5.83. The first-order valence-corrected chi connectivity index (χ1v) is 4.88. The lowest BCUT2D eigenvalue weighted by Crippen LogP contribution is -2.45. The van der Waals surface area contributed by atoms with Crippen LogP contribution in [-0.2, 0) is 16.6 Å². The highest BCUT2D eigenvalue weighted by atomic mass is 35.5. The number of morpholine rings is 1. The van der Waals surface area contributed by atoms with Crippen molar-refractivity contribution in [3.63, 3.8) is 0 Å². The van der Waals surface area contributed by atoms with E-state index in [1.807, 2.05) is 0 Å². The minimum absolute atomic E-state index is 0. The predicted molar refractivity (Wildman–Crippen MR) is 61.7 cm³/mol. The number of amides is 1. The molecule has 2 N–H and O–H groups in total. The van der Waals surface area contributed by atoms with Gasteiger partial charge in [-0.3, -0.25) is 9.48 Å².